The molecule has 50 heavy (non-hydrogen) atoms. The van der Waals surface area contributed by atoms with Gasteiger partial charge in [-0.25, -0.2) is 9.69 Å². The summed E-state index contributed by atoms with van der Waals surface area (Å²) in [7, 11) is 0. The van der Waals surface area contributed by atoms with E-state index in [2.05, 4.69) is 21.9 Å². The third-order valence-electron chi connectivity index (χ3n) is 9.29. The lowest BCUT2D eigenvalue weighted by Crippen LogP contribution is -2.47. The van der Waals surface area contributed by atoms with Crippen LogP contribution in [0.5, 0.6) is 0 Å². The number of para-hydroxylation sites is 2. The molecule has 0 bridgehead atoms. The number of imide groups is 1. The molecule has 0 unspecified atom stereocenters. The lowest BCUT2D eigenvalue weighted by atomic mass is 10.0. The molecular weight excluding hydrogens is 669 g/mol. The number of anilines is 3. The summed E-state index contributed by atoms with van der Waals surface area (Å²) in [6.45, 7) is 3.69. The van der Waals surface area contributed by atoms with E-state index < -0.39 is 17.8 Å². The molecule has 7 rings (SSSR count). The molecule has 0 radical (unpaired) electrons. The summed E-state index contributed by atoms with van der Waals surface area (Å²) in [6.07, 6.45) is 1.64. The third-order valence-corrected chi connectivity index (χ3v) is 11.0. The molecule has 3 amide bonds. The maximum Gasteiger partial charge on any atom is 0.338 e. The Balaban J connectivity index is 0.935. The SMILES string of the molecule is O=C(OCC(=O)N1c2ccccc2CCc2ccccc21)c1ccc(N2C(=O)C[C@H](SC(=S)N3CCN(Cc4ccccc4)CC3)C2=O)cc1. The van der Waals surface area contributed by atoms with E-state index in [1.165, 1.54) is 29.5 Å². The van der Waals surface area contributed by atoms with E-state index in [-0.39, 0.29) is 29.7 Å². The molecule has 2 saturated heterocycles. The fourth-order valence-corrected chi connectivity index (χ4v) is 8.20. The molecule has 1 atom stereocenters. The van der Waals surface area contributed by atoms with Crippen LogP contribution in [0.3, 0.4) is 0 Å². The molecule has 0 aliphatic carbocycles. The number of benzene rings is 4. The van der Waals surface area contributed by atoms with Gasteiger partial charge in [-0.15, -0.1) is 0 Å². The van der Waals surface area contributed by atoms with Crippen molar-refractivity contribution in [3.05, 3.63) is 125 Å². The molecule has 3 aliphatic rings. The lowest BCUT2D eigenvalue weighted by molar-refractivity contribution is -0.122. The average Bonchev–Trinajstić information content (AvgIpc) is 3.31. The Morgan fingerprint density at radius 2 is 1.36 bits per heavy atom. The zero-order chi connectivity index (χ0) is 34.6. The predicted molar refractivity (Wildman–Crippen MR) is 199 cm³/mol. The number of esters is 1. The molecule has 2 fully saturated rings. The number of rotatable bonds is 7. The summed E-state index contributed by atoms with van der Waals surface area (Å²) in [5, 5.41) is -0.609. The molecule has 0 spiro atoms. The van der Waals surface area contributed by atoms with Crippen LogP contribution in [0.2, 0.25) is 0 Å². The minimum atomic E-state index is -0.678. The number of carbonyl (C=O) groups is 4. The van der Waals surface area contributed by atoms with E-state index in [0.29, 0.717) is 10.0 Å². The van der Waals surface area contributed by atoms with Gasteiger partial charge >= 0.3 is 5.97 Å². The number of aryl methyl sites for hydroxylation is 2. The number of thiocarbonyl (C=S) groups is 1. The number of carbonyl (C=O) groups excluding carboxylic acids is 4. The van der Waals surface area contributed by atoms with Crippen LogP contribution < -0.4 is 9.80 Å². The van der Waals surface area contributed by atoms with Crippen LogP contribution >= 0.6 is 24.0 Å². The fourth-order valence-electron chi connectivity index (χ4n) is 6.66. The standard InChI is InChI=1S/C39H36N4O5S2/c44-35-24-34(50-39(49)41-22-20-40(21-23-41)25-27-8-2-1-3-9-27)37(46)42(35)31-18-16-30(17-19-31)38(47)48-26-36(45)43-32-12-6-4-10-28(32)14-15-29-11-5-7-13-33(29)43/h1-13,16-19,34H,14-15,20-26H2/t34-/m0/s1. The second kappa shape index (κ2) is 15.0. The predicted octanol–water partition coefficient (Wildman–Crippen LogP) is 5.77. The average molecular weight is 705 g/mol. The highest BCUT2D eigenvalue weighted by Gasteiger charge is 2.41. The summed E-state index contributed by atoms with van der Waals surface area (Å²) in [6, 6.07) is 32.0. The summed E-state index contributed by atoms with van der Waals surface area (Å²) in [5.41, 5.74) is 5.50. The van der Waals surface area contributed by atoms with Crippen molar-refractivity contribution in [3.63, 3.8) is 0 Å². The van der Waals surface area contributed by atoms with Gasteiger partial charge in [0.25, 0.3) is 5.91 Å². The second-order valence-corrected chi connectivity index (χ2v) is 14.3. The normalized spacial score (nSPS) is 17.6. The number of amides is 3. The van der Waals surface area contributed by atoms with Crippen LogP contribution in [-0.4, -0.2) is 75.8 Å². The lowest BCUT2D eigenvalue weighted by Gasteiger charge is -2.36. The van der Waals surface area contributed by atoms with Crippen molar-refractivity contribution in [1.82, 2.24) is 9.80 Å². The van der Waals surface area contributed by atoms with Crippen molar-refractivity contribution < 1.29 is 23.9 Å². The Bertz CT molecular complexity index is 1880. The number of nitrogens with zero attached hydrogens (tertiary/aromatic N) is 4. The first-order chi connectivity index (χ1) is 24.4. The molecule has 0 saturated carbocycles. The first-order valence-electron chi connectivity index (χ1n) is 16.7. The number of hydrogen-bond donors (Lipinski definition) is 0. The zero-order valence-electron chi connectivity index (χ0n) is 27.4. The quantitative estimate of drug-likeness (QED) is 0.135. The van der Waals surface area contributed by atoms with Gasteiger partial charge in [-0.2, -0.15) is 0 Å². The van der Waals surface area contributed by atoms with Crippen molar-refractivity contribution in [1.29, 1.82) is 0 Å². The van der Waals surface area contributed by atoms with Crippen LogP contribution in [0.15, 0.2) is 103 Å². The maximum atomic E-state index is 13.6. The van der Waals surface area contributed by atoms with Gasteiger partial charge in [0.05, 0.1) is 22.6 Å². The van der Waals surface area contributed by atoms with E-state index in [1.54, 1.807) is 17.0 Å². The number of thioether (sulfide) groups is 1. The molecule has 254 valence electrons. The number of fused-ring (bicyclic) bond motifs is 2. The van der Waals surface area contributed by atoms with Crippen LogP contribution in [0.1, 0.15) is 33.5 Å². The summed E-state index contributed by atoms with van der Waals surface area (Å²) >= 11 is 6.98. The monoisotopic (exact) mass is 704 g/mol. The van der Waals surface area contributed by atoms with Crippen LogP contribution in [-0.2, 0) is 38.5 Å². The Hall–Kier alpha value is -4.84. The summed E-state index contributed by atoms with van der Waals surface area (Å²) < 4.78 is 6.10. The highest BCUT2D eigenvalue weighted by molar-refractivity contribution is 8.23. The van der Waals surface area contributed by atoms with E-state index >= 15 is 0 Å². The Morgan fingerprint density at radius 3 is 2.00 bits per heavy atom. The minimum absolute atomic E-state index is 0.0479. The molecule has 4 aromatic rings. The van der Waals surface area contributed by atoms with Crippen molar-refractivity contribution in [2.45, 2.75) is 31.1 Å². The van der Waals surface area contributed by atoms with Crippen molar-refractivity contribution >= 4 is 69.1 Å². The highest BCUT2D eigenvalue weighted by atomic mass is 32.2. The molecule has 3 aliphatic heterocycles. The van der Waals surface area contributed by atoms with Crippen molar-refractivity contribution in [3.8, 4) is 0 Å². The van der Waals surface area contributed by atoms with Gasteiger partial charge < -0.3 is 9.64 Å². The van der Waals surface area contributed by atoms with E-state index in [4.69, 9.17) is 17.0 Å². The first-order valence-corrected chi connectivity index (χ1v) is 18.0. The first kappa shape index (κ1) is 33.6. The van der Waals surface area contributed by atoms with Crippen molar-refractivity contribution in [2.75, 3.05) is 42.6 Å². The topological polar surface area (TPSA) is 90.5 Å². The van der Waals surface area contributed by atoms with Gasteiger partial charge in [-0.3, -0.25) is 24.2 Å². The van der Waals surface area contributed by atoms with Crippen LogP contribution in [0, 0.1) is 0 Å². The smallest absolute Gasteiger partial charge is 0.338 e. The van der Waals surface area contributed by atoms with Gasteiger partial charge in [0.15, 0.2) is 6.61 Å². The summed E-state index contributed by atoms with van der Waals surface area (Å²) in [4.78, 5) is 60.3. The number of ether oxygens (including phenoxy) is 1. The molecule has 0 aromatic heterocycles. The third kappa shape index (κ3) is 7.21. The van der Waals surface area contributed by atoms with Crippen LogP contribution in [0.25, 0.3) is 0 Å². The minimum Gasteiger partial charge on any atom is -0.452 e. The molecule has 4 aromatic carbocycles. The number of hydrogen-bond acceptors (Lipinski definition) is 8. The second-order valence-electron chi connectivity index (χ2n) is 12.5. The van der Waals surface area contributed by atoms with E-state index in [1.807, 2.05) is 66.7 Å². The van der Waals surface area contributed by atoms with Gasteiger partial charge in [0, 0.05) is 39.1 Å². The van der Waals surface area contributed by atoms with Crippen LogP contribution in [0.4, 0.5) is 17.1 Å². The Labute approximate surface area is 300 Å². The van der Waals surface area contributed by atoms with Gasteiger partial charge in [0.1, 0.15) is 9.57 Å². The Kier molecular flexibility index (Phi) is 10.1. The zero-order valence-corrected chi connectivity index (χ0v) is 29.0. The van der Waals surface area contributed by atoms with E-state index in [9.17, 15) is 19.2 Å². The number of piperazine rings is 1. The summed E-state index contributed by atoms with van der Waals surface area (Å²) in [5.74, 6) is -1.69. The largest absolute Gasteiger partial charge is 0.452 e. The highest BCUT2D eigenvalue weighted by Crippen LogP contribution is 2.36. The Morgan fingerprint density at radius 1 is 0.760 bits per heavy atom. The van der Waals surface area contributed by atoms with Crippen molar-refractivity contribution in [2.24, 2.45) is 0 Å². The fraction of sp³-hybridized carbons (Fsp3) is 0.256. The molecule has 0 N–H and O–H groups in total. The molecular formula is C39H36N4O5S2. The molecule has 3 heterocycles. The maximum absolute atomic E-state index is 13.6. The van der Waals surface area contributed by atoms with Gasteiger partial charge in [-0.05, 0) is 65.9 Å². The van der Waals surface area contributed by atoms with Gasteiger partial charge in [-0.1, -0.05) is 90.7 Å². The van der Waals surface area contributed by atoms with Gasteiger partial charge in [0.2, 0.25) is 11.8 Å². The molecule has 9 nitrogen and oxygen atoms in total. The van der Waals surface area contributed by atoms with E-state index in [0.717, 1.165) is 73.0 Å². The molecule has 11 heteroatoms.